The highest BCUT2D eigenvalue weighted by Crippen LogP contribution is 2.18. The number of nitriles is 1. The van der Waals surface area contributed by atoms with Gasteiger partial charge in [-0.15, -0.1) is 0 Å². The molecular formula is C19H23N3O2. The minimum Gasteiger partial charge on any atom is -0.467 e. The molecule has 0 aliphatic carbocycles. The van der Waals surface area contributed by atoms with Gasteiger partial charge in [-0.3, -0.25) is 9.69 Å². The Kier molecular flexibility index (Phi) is 6.59. The summed E-state index contributed by atoms with van der Waals surface area (Å²) in [5.74, 6) is 0.715. The van der Waals surface area contributed by atoms with E-state index >= 15 is 0 Å². The fraction of sp³-hybridized carbons (Fsp3) is 0.368. The van der Waals surface area contributed by atoms with Crippen LogP contribution < -0.4 is 0 Å². The second kappa shape index (κ2) is 8.90. The maximum atomic E-state index is 12.7. The lowest BCUT2D eigenvalue weighted by atomic mass is 10.1. The quantitative estimate of drug-likeness (QED) is 0.748. The topological polar surface area (TPSA) is 60.5 Å². The third-order valence-electron chi connectivity index (χ3n) is 4.10. The Balaban J connectivity index is 1.99. The first kappa shape index (κ1) is 17.8. The molecule has 0 radical (unpaired) electrons. The predicted octanol–water partition coefficient (Wildman–Crippen LogP) is 3.21. The molecule has 0 aliphatic heterocycles. The third kappa shape index (κ3) is 4.97. The number of hydrogen-bond acceptors (Lipinski definition) is 4. The number of nitrogens with zero attached hydrogens (tertiary/aromatic N) is 3. The number of furan rings is 1. The van der Waals surface area contributed by atoms with Crippen LogP contribution >= 0.6 is 0 Å². The van der Waals surface area contributed by atoms with Gasteiger partial charge in [0.05, 0.1) is 31.8 Å². The fourth-order valence-corrected chi connectivity index (χ4v) is 2.50. The Bertz CT molecular complexity index is 662. The van der Waals surface area contributed by atoms with Gasteiger partial charge in [0, 0.05) is 12.6 Å². The van der Waals surface area contributed by atoms with Crippen LogP contribution in [0.5, 0.6) is 0 Å². The van der Waals surface area contributed by atoms with E-state index in [1.54, 1.807) is 17.2 Å². The summed E-state index contributed by atoms with van der Waals surface area (Å²) in [6, 6.07) is 16.0. The first-order valence-corrected chi connectivity index (χ1v) is 8.04. The Morgan fingerprint density at radius 1 is 1.25 bits per heavy atom. The largest absolute Gasteiger partial charge is 0.467 e. The van der Waals surface area contributed by atoms with Crippen LogP contribution in [0.4, 0.5) is 0 Å². The van der Waals surface area contributed by atoms with Crippen LogP contribution in [0.2, 0.25) is 0 Å². The van der Waals surface area contributed by atoms with Gasteiger partial charge in [-0.1, -0.05) is 30.3 Å². The average Bonchev–Trinajstić information content (AvgIpc) is 3.11. The summed E-state index contributed by atoms with van der Waals surface area (Å²) in [4.78, 5) is 16.3. The molecule has 1 unspecified atom stereocenters. The summed E-state index contributed by atoms with van der Waals surface area (Å²) in [6.07, 6.45) is 1.90. The summed E-state index contributed by atoms with van der Waals surface area (Å²) >= 11 is 0. The number of rotatable bonds is 8. The number of carbonyl (C=O) groups excluding carboxylic acids is 1. The van der Waals surface area contributed by atoms with Crippen LogP contribution in [0.15, 0.2) is 53.1 Å². The van der Waals surface area contributed by atoms with Crippen LogP contribution in [0.1, 0.15) is 30.7 Å². The zero-order valence-corrected chi connectivity index (χ0v) is 14.2. The molecule has 0 saturated heterocycles. The number of benzene rings is 1. The van der Waals surface area contributed by atoms with Gasteiger partial charge < -0.3 is 9.32 Å². The van der Waals surface area contributed by atoms with Crippen molar-refractivity contribution in [3.05, 3.63) is 60.1 Å². The second-order valence-corrected chi connectivity index (χ2v) is 5.80. The van der Waals surface area contributed by atoms with Crippen molar-refractivity contribution in [2.24, 2.45) is 0 Å². The Hall–Kier alpha value is -2.58. The van der Waals surface area contributed by atoms with E-state index in [2.05, 4.69) is 25.1 Å². The highest BCUT2D eigenvalue weighted by atomic mass is 16.3. The van der Waals surface area contributed by atoms with Crippen molar-refractivity contribution < 1.29 is 9.21 Å². The first-order chi connectivity index (χ1) is 11.6. The molecule has 1 amide bonds. The van der Waals surface area contributed by atoms with Crippen molar-refractivity contribution >= 4 is 5.91 Å². The van der Waals surface area contributed by atoms with Crippen molar-refractivity contribution in [1.29, 1.82) is 5.26 Å². The molecule has 0 bridgehead atoms. The van der Waals surface area contributed by atoms with Crippen LogP contribution in [-0.2, 0) is 11.3 Å². The van der Waals surface area contributed by atoms with Gasteiger partial charge in [0.2, 0.25) is 5.91 Å². The van der Waals surface area contributed by atoms with Gasteiger partial charge >= 0.3 is 0 Å². The lowest BCUT2D eigenvalue weighted by Gasteiger charge is -2.28. The molecule has 24 heavy (non-hydrogen) atoms. The number of amides is 1. The number of carbonyl (C=O) groups is 1. The van der Waals surface area contributed by atoms with Crippen molar-refractivity contribution in [3.8, 4) is 6.07 Å². The summed E-state index contributed by atoms with van der Waals surface area (Å²) in [5.41, 5.74) is 1.17. The molecule has 1 aromatic heterocycles. The molecule has 1 atom stereocenters. The molecule has 5 heteroatoms. The molecule has 1 heterocycles. The number of likely N-dealkylation sites (N-methyl/N-ethyl adjacent to an activating group) is 1. The molecule has 2 aromatic rings. The molecular weight excluding hydrogens is 302 g/mol. The van der Waals surface area contributed by atoms with Crippen LogP contribution in [-0.4, -0.2) is 35.8 Å². The Morgan fingerprint density at radius 2 is 2.00 bits per heavy atom. The van der Waals surface area contributed by atoms with Crippen molar-refractivity contribution in [2.75, 3.05) is 20.1 Å². The summed E-state index contributed by atoms with van der Waals surface area (Å²) in [5, 5.41) is 8.82. The summed E-state index contributed by atoms with van der Waals surface area (Å²) in [7, 11) is 1.94. The molecule has 0 N–H and O–H groups in total. The molecule has 126 valence electrons. The van der Waals surface area contributed by atoms with Crippen LogP contribution in [0.3, 0.4) is 0 Å². The lowest BCUT2D eigenvalue weighted by Crippen LogP contribution is -2.39. The van der Waals surface area contributed by atoms with E-state index in [9.17, 15) is 4.79 Å². The maximum absolute atomic E-state index is 12.7. The third-order valence-corrected chi connectivity index (χ3v) is 4.10. The highest BCUT2D eigenvalue weighted by molar-refractivity contribution is 5.78. The maximum Gasteiger partial charge on any atom is 0.237 e. The smallest absolute Gasteiger partial charge is 0.237 e. The molecule has 0 fully saturated rings. The van der Waals surface area contributed by atoms with Crippen molar-refractivity contribution in [3.63, 3.8) is 0 Å². The van der Waals surface area contributed by atoms with Gasteiger partial charge in [0.15, 0.2) is 0 Å². The molecule has 5 nitrogen and oxygen atoms in total. The second-order valence-electron chi connectivity index (χ2n) is 5.80. The molecule has 2 rings (SSSR count). The predicted molar refractivity (Wildman–Crippen MR) is 91.8 cm³/mol. The molecule has 0 spiro atoms. The van der Waals surface area contributed by atoms with E-state index in [0.717, 1.165) is 5.76 Å². The Morgan fingerprint density at radius 3 is 2.62 bits per heavy atom. The monoisotopic (exact) mass is 325 g/mol. The van der Waals surface area contributed by atoms with Gasteiger partial charge in [-0.25, -0.2) is 0 Å². The molecule has 0 saturated carbocycles. The number of hydrogen-bond donors (Lipinski definition) is 0. The lowest BCUT2D eigenvalue weighted by molar-refractivity contribution is -0.133. The minimum atomic E-state index is -0.00747. The van der Waals surface area contributed by atoms with E-state index in [0.29, 0.717) is 26.1 Å². The van der Waals surface area contributed by atoms with Crippen molar-refractivity contribution in [1.82, 2.24) is 9.80 Å². The van der Waals surface area contributed by atoms with Gasteiger partial charge in [0.1, 0.15) is 5.76 Å². The van der Waals surface area contributed by atoms with Gasteiger partial charge in [-0.2, -0.15) is 5.26 Å². The van der Waals surface area contributed by atoms with E-state index in [1.165, 1.54) is 5.56 Å². The zero-order chi connectivity index (χ0) is 17.4. The van der Waals surface area contributed by atoms with E-state index < -0.39 is 0 Å². The van der Waals surface area contributed by atoms with E-state index in [4.69, 9.17) is 9.68 Å². The molecule has 1 aromatic carbocycles. The average molecular weight is 325 g/mol. The minimum absolute atomic E-state index is 0.00747. The summed E-state index contributed by atoms with van der Waals surface area (Å²) < 4.78 is 5.33. The normalized spacial score (nSPS) is 11.9. The zero-order valence-electron chi connectivity index (χ0n) is 14.2. The summed E-state index contributed by atoms with van der Waals surface area (Å²) in [6.45, 7) is 3.17. The first-order valence-electron chi connectivity index (χ1n) is 8.04. The van der Waals surface area contributed by atoms with E-state index in [-0.39, 0.29) is 11.9 Å². The van der Waals surface area contributed by atoms with Gasteiger partial charge in [-0.05, 0) is 31.7 Å². The molecule has 0 aliphatic rings. The van der Waals surface area contributed by atoms with Crippen LogP contribution in [0.25, 0.3) is 0 Å². The standard InChI is InChI=1S/C19H23N3O2/c1-16(17-8-4-3-5-9-17)21(2)15-19(23)22(12-7-11-20)14-18-10-6-13-24-18/h3-6,8-10,13,16H,7,12,14-15H2,1-2H3. The highest BCUT2D eigenvalue weighted by Gasteiger charge is 2.20. The fourth-order valence-electron chi connectivity index (χ4n) is 2.50. The SMILES string of the molecule is CC(c1ccccc1)N(C)CC(=O)N(CCC#N)Cc1ccco1. The Labute approximate surface area is 143 Å². The van der Waals surface area contributed by atoms with E-state index in [1.807, 2.05) is 36.2 Å². The van der Waals surface area contributed by atoms with Gasteiger partial charge in [0.25, 0.3) is 0 Å². The van der Waals surface area contributed by atoms with Crippen LogP contribution in [0, 0.1) is 11.3 Å². The van der Waals surface area contributed by atoms with Crippen molar-refractivity contribution in [2.45, 2.75) is 25.9 Å².